The highest BCUT2D eigenvalue weighted by molar-refractivity contribution is 5.69. The molecule has 0 bridgehead atoms. The standard InChI is InChI=1S/C23H19F3O2.C9H11F.CH3F/c1-3-4-14-5-6-15-11-16-12-18(13-7-9-17(27-2)10-8-13)20(25)21(26)23(16)28-22(15)19(14)24;1-2-3-8-4-6-9(10)7-5-8;1-2/h5-10,12H,3-4,11H2,1-2H3;4-7H,2-3H2,1H3;1H3. The van der Waals surface area contributed by atoms with E-state index in [0.29, 0.717) is 41.6 Å². The fourth-order valence-corrected chi connectivity index (χ4v) is 4.48. The molecule has 0 N–H and O–H groups in total. The molecule has 0 radical (unpaired) electrons. The summed E-state index contributed by atoms with van der Waals surface area (Å²) >= 11 is 0. The van der Waals surface area contributed by atoms with E-state index in [2.05, 4.69) is 6.92 Å². The van der Waals surface area contributed by atoms with Gasteiger partial charge in [0.2, 0.25) is 5.82 Å². The van der Waals surface area contributed by atoms with Crippen molar-refractivity contribution < 1.29 is 31.4 Å². The van der Waals surface area contributed by atoms with Gasteiger partial charge in [0, 0.05) is 23.1 Å². The molecule has 0 unspecified atom stereocenters. The Morgan fingerprint density at radius 3 is 1.93 bits per heavy atom. The summed E-state index contributed by atoms with van der Waals surface area (Å²) in [7, 11) is 2.04. The Hall–Kier alpha value is -3.87. The van der Waals surface area contributed by atoms with Gasteiger partial charge in [0.1, 0.15) is 11.6 Å². The van der Waals surface area contributed by atoms with Gasteiger partial charge in [-0.1, -0.05) is 63.1 Å². The molecular formula is C33H33F5O2. The molecule has 1 aliphatic rings. The Morgan fingerprint density at radius 1 is 0.700 bits per heavy atom. The minimum Gasteiger partial charge on any atom is -0.497 e. The van der Waals surface area contributed by atoms with Gasteiger partial charge >= 0.3 is 0 Å². The summed E-state index contributed by atoms with van der Waals surface area (Å²) in [6.07, 6.45) is 3.77. The van der Waals surface area contributed by atoms with Crippen molar-refractivity contribution in [1.82, 2.24) is 0 Å². The van der Waals surface area contributed by atoms with Crippen molar-refractivity contribution in [3.63, 3.8) is 0 Å². The van der Waals surface area contributed by atoms with Crippen LogP contribution in [0.3, 0.4) is 0 Å². The Kier molecular flexibility index (Phi) is 11.1. The molecule has 2 nitrogen and oxygen atoms in total. The molecular weight excluding hydrogens is 523 g/mol. The topological polar surface area (TPSA) is 18.5 Å². The Labute approximate surface area is 232 Å². The molecule has 0 spiro atoms. The molecule has 5 rings (SSSR count). The van der Waals surface area contributed by atoms with Crippen molar-refractivity contribution in [2.75, 3.05) is 14.3 Å². The van der Waals surface area contributed by atoms with Crippen LogP contribution in [0.5, 0.6) is 17.2 Å². The van der Waals surface area contributed by atoms with Crippen LogP contribution < -0.4 is 9.47 Å². The van der Waals surface area contributed by atoms with E-state index < -0.39 is 17.5 Å². The summed E-state index contributed by atoms with van der Waals surface area (Å²) in [6.45, 7) is 4.06. The fourth-order valence-electron chi connectivity index (χ4n) is 4.48. The first-order valence-electron chi connectivity index (χ1n) is 13.1. The zero-order chi connectivity index (χ0) is 29.2. The lowest BCUT2D eigenvalue weighted by Gasteiger charge is -2.23. The van der Waals surface area contributed by atoms with Crippen LogP contribution in [0.15, 0.2) is 66.7 Å². The van der Waals surface area contributed by atoms with E-state index in [4.69, 9.17) is 9.47 Å². The predicted molar refractivity (Wildman–Crippen MR) is 149 cm³/mol. The first kappa shape index (κ1) is 30.7. The van der Waals surface area contributed by atoms with Crippen LogP contribution >= 0.6 is 0 Å². The van der Waals surface area contributed by atoms with Crippen molar-refractivity contribution in [2.24, 2.45) is 0 Å². The average Bonchev–Trinajstić information content (AvgIpc) is 2.99. The quantitative estimate of drug-likeness (QED) is 0.194. The van der Waals surface area contributed by atoms with E-state index in [1.807, 2.05) is 19.1 Å². The summed E-state index contributed by atoms with van der Waals surface area (Å²) in [5.41, 5.74) is 3.49. The maximum atomic E-state index is 14.8. The van der Waals surface area contributed by atoms with Crippen molar-refractivity contribution in [3.05, 3.63) is 112 Å². The molecule has 40 heavy (non-hydrogen) atoms. The van der Waals surface area contributed by atoms with E-state index in [9.17, 15) is 22.0 Å². The first-order chi connectivity index (χ1) is 19.4. The highest BCUT2D eigenvalue weighted by atomic mass is 19.2. The van der Waals surface area contributed by atoms with Gasteiger partial charge in [-0.2, -0.15) is 4.39 Å². The number of methoxy groups -OCH3 is 1. The molecule has 0 aliphatic carbocycles. The maximum absolute atomic E-state index is 14.8. The highest BCUT2D eigenvalue weighted by Gasteiger charge is 2.28. The van der Waals surface area contributed by atoms with Crippen LogP contribution in [-0.4, -0.2) is 14.3 Å². The van der Waals surface area contributed by atoms with Crippen LogP contribution in [0.1, 0.15) is 48.9 Å². The van der Waals surface area contributed by atoms with Gasteiger partial charge in [0.05, 0.1) is 14.3 Å². The number of ether oxygens (including phenoxy) is 2. The minimum absolute atomic E-state index is 0.00560. The lowest BCUT2D eigenvalue weighted by atomic mass is 9.94. The molecule has 1 aliphatic heterocycles. The third-order valence-corrected chi connectivity index (χ3v) is 6.45. The van der Waals surface area contributed by atoms with Gasteiger partial charge in [-0.15, -0.1) is 0 Å². The number of aryl methyl sites for hydroxylation is 2. The summed E-state index contributed by atoms with van der Waals surface area (Å²) < 4.78 is 76.7. The van der Waals surface area contributed by atoms with Crippen LogP contribution in [0.4, 0.5) is 22.0 Å². The SMILES string of the molecule is CCCc1ccc(F)cc1.CCCc1ccc2c(c1F)Oc1c(cc(-c3ccc(OC)cc3)c(F)c1F)C2.CF. The molecule has 0 fully saturated rings. The fraction of sp³-hybridized carbons (Fsp3) is 0.273. The minimum atomic E-state index is -1.10. The van der Waals surface area contributed by atoms with E-state index >= 15 is 0 Å². The van der Waals surface area contributed by atoms with E-state index in [0.717, 1.165) is 19.3 Å². The number of benzene rings is 4. The van der Waals surface area contributed by atoms with Crippen LogP contribution in [0, 0.1) is 23.3 Å². The van der Waals surface area contributed by atoms with E-state index in [-0.39, 0.29) is 29.3 Å². The molecule has 0 atom stereocenters. The summed E-state index contributed by atoms with van der Waals surface area (Å²) in [5.74, 6) is -2.39. The van der Waals surface area contributed by atoms with Crippen LogP contribution in [0.2, 0.25) is 0 Å². The van der Waals surface area contributed by atoms with Crippen molar-refractivity contribution >= 4 is 0 Å². The lowest BCUT2D eigenvalue weighted by Crippen LogP contribution is -2.10. The number of alkyl halides is 1. The Morgan fingerprint density at radius 2 is 1.32 bits per heavy atom. The van der Waals surface area contributed by atoms with Gasteiger partial charge in [0.15, 0.2) is 23.1 Å². The monoisotopic (exact) mass is 556 g/mol. The second-order valence-corrected chi connectivity index (χ2v) is 9.20. The van der Waals surface area contributed by atoms with Gasteiger partial charge in [0.25, 0.3) is 0 Å². The zero-order valence-corrected chi connectivity index (χ0v) is 23.1. The highest BCUT2D eigenvalue weighted by Crippen LogP contribution is 2.43. The largest absolute Gasteiger partial charge is 0.497 e. The molecule has 0 aromatic heterocycles. The number of hydrogen-bond donors (Lipinski definition) is 0. The van der Waals surface area contributed by atoms with Crippen LogP contribution in [-0.2, 0) is 19.3 Å². The molecule has 212 valence electrons. The van der Waals surface area contributed by atoms with Crippen molar-refractivity contribution in [2.45, 2.75) is 46.0 Å². The molecule has 1 heterocycles. The summed E-state index contributed by atoms with van der Waals surface area (Å²) in [4.78, 5) is 0. The summed E-state index contributed by atoms with van der Waals surface area (Å²) in [6, 6.07) is 18.5. The van der Waals surface area contributed by atoms with Gasteiger partial charge in [-0.05, 0) is 59.9 Å². The van der Waals surface area contributed by atoms with E-state index in [1.165, 1.54) is 24.8 Å². The first-order valence-corrected chi connectivity index (χ1v) is 13.1. The third kappa shape index (κ3) is 7.00. The molecule has 0 saturated heterocycles. The second-order valence-electron chi connectivity index (χ2n) is 9.20. The van der Waals surface area contributed by atoms with Crippen molar-refractivity contribution in [3.8, 4) is 28.4 Å². The maximum Gasteiger partial charge on any atom is 0.202 e. The van der Waals surface area contributed by atoms with Crippen LogP contribution in [0.25, 0.3) is 11.1 Å². The Bertz CT molecular complexity index is 1400. The summed E-state index contributed by atoms with van der Waals surface area (Å²) in [5, 5.41) is 0. The zero-order valence-electron chi connectivity index (χ0n) is 23.1. The number of hydrogen-bond acceptors (Lipinski definition) is 2. The van der Waals surface area contributed by atoms with Gasteiger partial charge in [-0.3, -0.25) is 4.39 Å². The normalized spacial score (nSPS) is 11.1. The second kappa shape index (κ2) is 14.5. The molecule has 4 aromatic rings. The molecule has 0 amide bonds. The average molecular weight is 557 g/mol. The van der Waals surface area contributed by atoms with Gasteiger partial charge in [-0.25, -0.2) is 13.2 Å². The predicted octanol–water partition coefficient (Wildman–Crippen LogP) is 9.79. The Balaban J connectivity index is 0.000000309. The molecule has 7 heteroatoms. The number of rotatable bonds is 6. The van der Waals surface area contributed by atoms with Crippen molar-refractivity contribution in [1.29, 1.82) is 0 Å². The molecule has 0 saturated carbocycles. The number of halogens is 5. The molecule has 4 aromatic carbocycles. The number of fused-ring (bicyclic) bond motifs is 2. The van der Waals surface area contributed by atoms with E-state index in [1.54, 1.807) is 42.5 Å². The lowest BCUT2D eigenvalue weighted by molar-refractivity contribution is 0.380. The smallest absolute Gasteiger partial charge is 0.202 e. The third-order valence-electron chi connectivity index (χ3n) is 6.45. The van der Waals surface area contributed by atoms with Gasteiger partial charge < -0.3 is 9.47 Å².